The van der Waals surface area contributed by atoms with E-state index in [1.54, 1.807) is 24.5 Å². The molecule has 5 rings (SSSR count). The second-order valence-corrected chi connectivity index (χ2v) is 9.16. The number of aromatic hydroxyl groups is 1. The minimum Gasteiger partial charge on any atom is -0.507 e. The summed E-state index contributed by atoms with van der Waals surface area (Å²) in [5, 5.41) is 25.1. The normalized spacial score (nSPS) is 20.2. The van der Waals surface area contributed by atoms with E-state index in [1.165, 1.54) is 24.0 Å². The van der Waals surface area contributed by atoms with Crippen LogP contribution in [-0.2, 0) is 7.05 Å². The molecule has 1 aliphatic carbocycles. The van der Waals surface area contributed by atoms with E-state index in [0.29, 0.717) is 11.4 Å². The number of rotatable bonds is 5. The number of hydrogen-bond acceptors (Lipinski definition) is 7. The Bertz CT molecular complexity index is 1100. The highest BCUT2D eigenvalue weighted by atomic mass is 32.1. The van der Waals surface area contributed by atoms with Crippen molar-refractivity contribution in [1.29, 1.82) is 0 Å². The molecule has 3 heterocycles. The van der Waals surface area contributed by atoms with E-state index in [-0.39, 0.29) is 23.2 Å². The summed E-state index contributed by atoms with van der Waals surface area (Å²) in [4.78, 5) is 15.4. The molecule has 1 atom stereocenters. The van der Waals surface area contributed by atoms with Crippen molar-refractivity contribution in [1.82, 2.24) is 19.7 Å². The smallest absolute Gasteiger partial charge is 0.296 e. The number of piperidine rings is 1. The maximum atomic E-state index is 12.9. The summed E-state index contributed by atoms with van der Waals surface area (Å²) < 4.78 is 2.46. The molecule has 2 aromatic heterocycles. The third-order valence-corrected chi connectivity index (χ3v) is 6.86. The highest BCUT2D eigenvalue weighted by Gasteiger charge is 2.28. The lowest BCUT2D eigenvalue weighted by Gasteiger charge is -2.33. The molecule has 8 heteroatoms. The number of likely N-dealkylation sites (tertiary alicyclic amines) is 1. The highest BCUT2D eigenvalue weighted by Crippen LogP contribution is 2.36. The van der Waals surface area contributed by atoms with Gasteiger partial charge in [0.2, 0.25) is 5.82 Å². The van der Waals surface area contributed by atoms with Gasteiger partial charge < -0.3 is 15.3 Å². The molecule has 1 aromatic carbocycles. The molecule has 29 heavy (non-hydrogen) atoms. The number of fused-ring (bicyclic) bond motifs is 1. The number of benzene rings is 1. The van der Waals surface area contributed by atoms with E-state index in [0.717, 1.165) is 41.9 Å². The lowest BCUT2D eigenvalue weighted by atomic mass is 10.1. The summed E-state index contributed by atoms with van der Waals surface area (Å²) in [5.74, 6) is 1.65. The summed E-state index contributed by atoms with van der Waals surface area (Å²) >= 11 is 1.56. The van der Waals surface area contributed by atoms with E-state index in [4.69, 9.17) is 0 Å². The Morgan fingerprint density at radius 3 is 2.93 bits per heavy atom. The SMILES string of the molecule is Cn1c(-c2ccc3sccc3c2O)nnc(N[C@@H]2CCCN(CC3CC3)C2)c1=O. The molecule has 2 aliphatic rings. The third-order valence-electron chi connectivity index (χ3n) is 5.98. The van der Waals surface area contributed by atoms with Crippen molar-refractivity contribution in [2.24, 2.45) is 13.0 Å². The van der Waals surface area contributed by atoms with Gasteiger partial charge in [0.05, 0.1) is 5.56 Å². The molecule has 7 nitrogen and oxygen atoms in total. The maximum Gasteiger partial charge on any atom is 0.296 e. The number of phenols is 1. The van der Waals surface area contributed by atoms with Crippen molar-refractivity contribution >= 4 is 27.2 Å². The van der Waals surface area contributed by atoms with Gasteiger partial charge in [-0.1, -0.05) is 0 Å². The van der Waals surface area contributed by atoms with Crippen LogP contribution in [0.3, 0.4) is 0 Å². The van der Waals surface area contributed by atoms with E-state index in [2.05, 4.69) is 20.4 Å². The molecule has 3 aromatic rings. The number of nitrogens with one attached hydrogen (secondary N) is 1. The zero-order valence-electron chi connectivity index (χ0n) is 16.5. The first-order valence-corrected chi connectivity index (χ1v) is 11.1. The first kappa shape index (κ1) is 18.6. The van der Waals surface area contributed by atoms with Crippen molar-refractivity contribution in [2.75, 3.05) is 25.0 Å². The molecular formula is C21H25N5O2S. The van der Waals surface area contributed by atoms with Crippen LogP contribution in [0.4, 0.5) is 5.82 Å². The van der Waals surface area contributed by atoms with Crippen molar-refractivity contribution in [3.63, 3.8) is 0 Å². The lowest BCUT2D eigenvalue weighted by molar-refractivity contribution is 0.208. The number of hydrogen-bond donors (Lipinski definition) is 2. The zero-order valence-corrected chi connectivity index (χ0v) is 17.3. The van der Waals surface area contributed by atoms with Gasteiger partial charge in [0, 0.05) is 36.3 Å². The second-order valence-electron chi connectivity index (χ2n) is 8.22. The molecule has 1 saturated carbocycles. The third kappa shape index (κ3) is 3.62. The van der Waals surface area contributed by atoms with E-state index >= 15 is 0 Å². The molecule has 0 bridgehead atoms. The van der Waals surface area contributed by atoms with Crippen molar-refractivity contribution in [3.05, 3.63) is 33.9 Å². The highest BCUT2D eigenvalue weighted by molar-refractivity contribution is 7.17. The molecule has 1 saturated heterocycles. The first-order valence-electron chi connectivity index (χ1n) is 10.2. The molecule has 0 unspecified atom stereocenters. The molecule has 1 aliphatic heterocycles. The van der Waals surface area contributed by atoms with Gasteiger partial charge in [-0.2, -0.15) is 0 Å². The van der Waals surface area contributed by atoms with E-state index in [1.807, 2.05) is 17.5 Å². The van der Waals surface area contributed by atoms with Gasteiger partial charge in [0.1, 0.15) is 5.75 Å². The monoisotopic (exact) mass is 411 g/mol. The molecule has 0 spiro atoms. The van der Waals surface area contributed by atoms with Crippen LogP contribution in [-0.4, -0.2) is 50.4 Å². The number of thiophene rings is 1. The fourth-order valence-electron chi connectivity index (χ4n) is 4.19. The van der Waals surface area contributed by atoms with Gasteiger partial charge in [-0.15, -0.1) is 21.5 Å². The number of phenolic OH excluding ortho intramolecular Hbond substituents is 1. The predicted molar refractivity (Wildman–Crippen MR) is 116 cm³/mol. The van der Waals surface area contributed by atoms with Gasteiger partial charge in [0.25, 0.3) is 5.56 Å². The van der Waals surface area contributed by atoms with Gasteiger partial charge in [-0.25, -0.2) is 0 Å². The fraction of sp³-hybridized carbons (Fsp3) is 0.476. The van der Waals surface area contributed by atoms with Gasteiger partial charge in [0.15, 0.2) is 5.82 Å². The van der Waals surface area contributed by atoms with E-state index < -0.39 is 0 Å². The first-order chi connectivity index (χ1) is 14.1. The summed E-state index contributed by atoms with van der Waals surface area (Å²) in [6.45, 7) is 3.26. The number of anilines is 1. The average Bonchev–Trinajstić information content (AvgIpc) is 3.39. The molecule has 0 amide bonds. The van der Waals surface area contributed by atoms with Crippen LogP contribution in [0, 0.1) is 5.92 Å². The van der Waals surface area contributed by atoms with Crippen LogP contribution in [0.15, 0.2) is 28.4 Å². The minimum atomic E-state index is -0.223. The Kier molecular flexibility index (Phi) is 4.75. The van der Waals surface area contributed by atoms with Crippen molar-refractivity contribution < 1.29 is 5.11 Å². The Morgan fingerprint density at radius 1 is 1.24 bits per heavy atom. The van der Waals surface area contributed by atoms with Gasteiger partial charge >= 0.3 is 0 Å². The van der Waals surface area contributed by atoms with Gasteiger partial charge in [-0.05, 0) is 61.7 Å². The Labute approximate surface area is 173 Å². The largest absolute Gasteiger partial charge is 0.507 e. The topological polar surface area (TPSA) is 83.3 Å². The van der Waals surface area contributed by atoms with Crippen LogP contribution in [0.2, 0.25) is 0 Å². The quantitative estimate of drug-likeness (QED) is 0.671. The van der Waals surface area contributed by atoms with E-state index in [9.17, 15) is 9.90 Å². The lowest BCUT2D eigenvalue weighted by Crippen LogP contribution is -2.44. The molecule has 152 valence electrons. The standard InChI is InChI=1S/C21H25N5O2S/c1-25-20(16-6-7-17-15(18(16)27)8-10-29-17)24-23-19(21(25)28)22-14-3-2-9-26(12-14)11-13-4-5-13/h6-8,10,13-14,27H,2-5,9,11-12H2,1H3,(H,22,23)/t14-/m1/s1. The number of nitrogens with zero attached hydrogens (tertiary/aromatic N) is 4. The summed E-state index contributed by atoms with van der Waals surface area (Å²) in [5.41, 5.74) is 0.293. The van der Waals surface area contributed by atoms with Crippen LogP contribution in [0.1, 0.15) is 25.7 Å². The number of aromatic nitrogens is 3. The fourth-order valence-corrected chi connectivity index (χ4v) is 4.98. The van der Waals surface area contributed by atoms with Crippen LogP contribution >= 0.6 is 11.3 Å². The molecule has 2 N–H and O–H groups in total. The Balaban J connectivity index is 1.39. The molecule has 2 fully saturated rings. The van der Waals surface area contributed by atoms with Crippen molar-refractivity contribution in [2.45, 2.75) is 31.7 Å². The average molecular weight is 412 g/mol. The van der Waals surface area contributed by atoms with Gasteiger partial charge in [-0.3, -0.25) is 9.36 Å². The van der Waals surface area contributed by atoms with Crippen LogP contribution in [0.5, 0.6) is 5.75 Å². The second kappa shape index (κ2) is 7.42. The van der Waals surface area contributed by atoms with Crippen molar-refractivity contribution in [3.8, 4) is 17.1 Å². The maximum absolute atomic E-state index is 12.9. The summed E-state index contributed by atoms with van der Waals surface area (Å²) in [6, 6.07) is 5.81. The Morgan fingerprint density at radius 2 is 2.10 bits per heavy atom. The zero-order chi connectivity index (χ0) is 20.0. The van der Waals surface area contributed by atoms with Crippen LogP contribution < -0.4 is 10.9 Å². The minimum absolute atomic E-state index is 0.136. The van der Waals surface area contributed by atoms with Crippen LogP contribution in [0.25, 0.3) is 21.5 Å². The predicted octanol–water partition coefficient (Wildman–Crippen LogP) is 3.05. The molecule has 0 radical (unpaired) electrons. The Hall–Kier alpha value is -2.45. The summed E-state index contributed by atoms with van der Waals surface area (Å²) in [6.07, 6.45) is 4.87. The summed E-state index contributed by atoms with van der Waals surface area (Å²) in [7, 11) is 1.68. The molecular weight excluding hydrogens is 386 g/mol.